The fraction of sp³-hybridized carbons (Fsp3) is 1.00. The Labute approximate surface area is 43.9 Å². The van der Waals surface area contributed by atoms with Gasteiger partial charge in [-0.15, -0.1) is 0 Å². The third kappa shape index (κ3) is 5.91. The van der Waals surface area contributed by atoms with E-state index in [1.807, 2.05) is 0 Å². The minimum Gasteiger partial charge on any atom is -0.396 e. The SMILES string of the molecule is O=[SH](=O)CCCO. The van der Waals surface area contributed by atoms with Crippen molar-refractivity contribution in [3.8, 4) is 0 Å². The average molecular weight is 124 g/mol. The smallest absolute Gasteiger partial charge is 0.140 e. The third-order valence-corrected chi connectivity index (χ3v) is 1.18. The Bertz CT molecular complexity index is 88.4. The maximum atomic E-state index is 9.68. The quantitative estimate of drug-likeness (QED) is 0.473. The molecule has 0 aromatic heterocycles. The van der Waals surface area contributed by atoms with Crippen LogP contribution in [0.5, 0.6) is 0 Å². The van der Waals surface area contributed by atoms with Gasteiger partial charge in [-0.05, 0) is 6.42 Å². The van der Waals surface area contributed by atoms with Gasteiger partial charge in [-0.2, -0.15) is 0 Å². The molecule has 0 bridgehead atoms. The first-order valence-corrected chi connectivity index (χ1v) is 3.36. The monoisotopic (exact) mass is 124 g/mol. The molecule has 0 fully saturated rings. The first-order chi connectivity index (χ1) is 3.27. The van der Waals surface area contributed by atoms with Gasteiger partial charge in [0.05, 0.1) is 0 Å². The number of aliphatic hydroxyl groups is 1. The molecule has 4 heteroatoms. The predicted octanol–water partition coefficient (Wildman–Crippen LogP) is -1.02. The molecule has 0 spiro atoms. The summed E-state index contributed by atoms with van der Waals surface area (Å²) in [7, 11) is -2.27. The summed E-state index contributed by atoms with van der Waals surface area (Å²) in [6.07, 6.45) is 0.360. The van der Waals surface area contributed by atoms with Crippen LogP contribution in [-0.2, 0) is 10.7 Å². The van der Waals surface area contributed by atoms with Crippen molar-refractivity contribution in [1.29, 1.82) is 0 Å². The van der Waals surface area contributed by atoms with Gasteiger partial charge in [0.2, 0.25) is 0 Å². The molecule has 0 aliphatic rings. The molecular weight excluding hydrogens is 116 g/mol. The Kier molecular flexibility index (Phi) is 4.03. The maximum absolute atomic E-state index is 9.68. The topological polar surface area (TPSA) is 54.4 Å². The summed E-state index contributed by atoms with van der Waals surface area (Å²) in [4.78, 5) is 0. The van der Waals surface area contributed by atoms with Crippen LogP contribution in [0, 0.1) is 0 Å². The standard InChI is InChI=1S/C3H8O3S/c4-2-1-3-7(5)6/h4,7H,1-3H2. The molecule has 0 heterocycles. The van der Waals surface area contributed by atoms with E-state index in [0.29, 0.717) is 6.42 Å². The van der Waals surface area contributed by atoms with Crippen LogP contribution in [0.15, 0.2) is 0 Å². The van der Waals surface area contributed by atoms with Crippen LogP contribution >= 0.6 is 0 Å². The molecule has 0 saturated heterocycles. The van der Waals surface area contributed by atoms with Gasteiger partial charge in [0, 0.05) is 12.4 Å². The number of hydrogen-bond donors (Lipinski definition) is 2. The summed E-state index contributed by atoms with van der Waals surface area (Å²) in [6, 6.07) is 0. The lowest BCUT2D eigenvalue weighted by Gasteiger charge is -1.81. The zero-order valence-electron chi connectivity index (χ0n) is 3.83. The molecule has 0 rings (SSSR count). The van der Waals surface area contributed by atoms with Crippen molar-refractivity contribution in [3.63, 3.8) is 0 Å². The molecule has 0 atom stereocenters. The summed E-state index contributed by atoms with van der Waals surface area (Å²) >= 11 is 0. The van der Waals surface area contributed by atoms with E-state index < -0.39 is 10.7 Å². The van der Waals surface area contributed by atoms with Crippen molar-refractivity contribution < 1.29 is 13.5 Å². The molecule has 0 aliphatic carbocycles. The van der Waals surface area contributed by atoms with Gasteiger partial charge >= 0.3 is 0 Å². The summed E-state index contributed by atoms with van der Waals surface area (Å²) in [6.45, 7) is -0.0384. The molecule has 1 N–H and O–H groups in total. The third-order valence-electron chi connectivity index (χ3n) is 0.499. The lowest BCUT2D eigenvalue weighted by atomic mass is 10.5. The van der Waals surface area contributed by atoms with Crippen LogP contribution in [0.2, 0.25) is 0 Å². The fourth-order valence-electron chi connectivity index (χ4n) is 0.200. The highest BCUT2D eigenvalue weighted by Crippen LogP contribution is 1.73. The molecule has 0 radical (unpaired) electrons. The van der Waals surface area contributed by atoms with Crippen LogP contribution in [0.1, 0.15) is 6.42 Å². The van der Waals surface area contributed by atoms with Gasteiger partial charge in [0.1, 0.15) is 10.7 Å². The highest BCUT2D eigenvalue weighted by Gasteiger charge is 1.82. The number of thiol groups is 1. The Morgan fingerprint density at radius 1 is 1.43 bits per heavy atom. The molecule has 0 amide bonds. The second-order valence-corrected chi connectivity index (χ2v) is 2.25. The van der Waals surface area contributed by atoms with Crippen LogP contribution in [0.3, 0.4) is 0 Å². The minimum absolute atomic E-state index is 0.0384. The van der Waals surface area contributed by atoms with E-state index in [4.69, 9.17) is 5.11 Å². The second kappa shape index (κ2) is 4.08. The zero-order valence-corrected chi connectivity index (χ0v) is 4.73. The van der Waals surface area contributed by atoms with E-state index in [9.17, 15) is 8.42 Å². The molecule has 3 nitrogen and oxygen atoms in total. The fourth-order valence-corrected chi connectivity index (χ4v) is 0.599. The Morgan fingerprint density at radius 3 is 2.14 bits per heavy atom. The van der Waals surface area contributed by atoms with Crippen LogP contribution in [0.25, 0.3) is 0 Å². The summed E-state index contributed by atoms with van der Waals surface area (Å²) in [5, 5.41) is 8.05. The first kappa shape index (κ1) is 6.91. The summed E-state index contributed by atoms with van der Waals surface area (Å²) in [5.41, 5.74) is 0. The lowest BCUT2D eigenvalue weighted by Crippen LogP contribution is -1.90. The molecule has 0 aromatic rings. The van der Waals surface area contributed by atoms with Gasteiger partial charge in [-0.1, -0.05) is 0 Å². The average Bonchev–Trinajstić information content (AvgIpc) is 1.61. The Morgan fingerprint density at radius 2 is 2.00 bits per heavy atom. The maximum Gasteiger partial charge on any atom is 0.140 e. The van der Waals surface area contributed by atoms with Crippen molar-refractivity contribution in [3.05, 3.63) is 0 Å². The highest BCUT2D eigenvalue weighted by atomic mass is 32.2. The first-order valence-electron chi connectivity index (χ1n) is 2.00. The number of rotatable bonds is 3. The largest absolute Gasteiger partial charge is 0.396 e. The van der Waals surface area contributed by atoms with E-state index in [1.165, 1.54) is 0 Å². The molecule has 7 heavy (non-hydrogen) atoms. The molecule has 44 valence electrons. The van der Waals surface area contributed by atoms with E-state index in [1.54, 1.807) is 0 Å². The molecule has 0 saturated carbocycles. The van der Waals surface area contributed by atoms with E-state index in [0.717, 1.165) is 0 Å². The van der Waals surface area contributed by atoms with Gasteiger partial charge < -0.3 is 5.11 Å². The lowest BCUT2D eigenvalue weighted by molar-refractivity contribution is 0.295. The van der Waals surface area contributed by atoms with Crippen molar-refractivity contribution in [1.82, 2.24) is 0 Å². The minimum atomic E-state index is -2.27. The van der Waals surface area contributed by atoms with E-state index in [2.05, 4.69) is 0 Å². The van der Waals surface area contributed by atoms with Crippen LogP contribution in [0.4, 0.5) is 0 Å². The predicted molar refractivity (Wildman–Crippen MR) is 26.9 cm³/mol. The normalized spacial score (nSPS) is 10.0. The Balaban J connectivity index is 2.98. The zero-order chi connectivity index (χ0) is 5.70. The number of aliphatic hydroxyl groups excluding tert-OH is 1. The molecular formula is C3H8O3S. The highest BCUT2D eigenvalue weighted by molar-refractivity contribution is 7.72. The molecule has 0 unspecified atom stereocenters. The van der Waals surface area contributed by atoms with E-state index in [-0.39, 0.29) is 12.4 Å². The van der Waals surface area contributed by atoms with Gasteiger partial charge in [-0.25, -0.2) is 8.42 Å². The second-order valence-electron chi connectivity index (χ2n) is 1.13. The number of hydrogen-bond acceptors (Lipinski definition) is 3. The van der Waals surface area contributed by atoms with Crippen LogP contribution < -0.4 is 0 Å². The van der Waals surface area contributed by atoms with E-state index >= 15 is 0 Å². The molecule has 0 aromatic carbocycles. The summed E-state index contributed by atoms with van der Waals surface area (Å²) in [5.74, 6) is 0.103. The van der Waals surface area contributed by atoms with Crippen molar-refractivity contribution in [2.45, 2.75) is 6.42 Å². The van der Waals surface area contributed by atoms with Crippen molar-refractivity contribution >= 4 is 10.7 Å². The van der Waals surface area contributed by atoms with Gasteiger partial charge in [-0.3, -0.25) is 0 Å². The van der Waals surface area contributed by atoms with Crippen molar-refractivity contribution in [2.24, 2.45) is 0 Å². The van der Waals surface area contributed by atoms with Gasteiger partial charge in [0.25, 0.3) is 0 Å². The summed E-state index contributed by atoms with van der Waals surface area (Å²) < 4.78 is 19.4. The molecule has 0 aliphatic heterocycles. The Hall–Kier alpha value is -0.0900. The van der Waals surface area contributed by atoms with Gasteiger partial charge in [0.15, 0.2) is 0 Å². The van der Waals surface area contributed by atoms with Crippen LogP contribution in [-0.4, -0.2) is 25.9 Å². The van der Waals surface area contributed by atoms with Crippen molar-refractivity contribution in [2.75, 3.05) is 12.4 Å².